The molecule has 2 aromatic rings. The van der Waals surface area contributed by atoms with Gasteiger partial charge in [-0.25, -0.2) is 14.9 Å². The van der Waals surface area contributed by atoms with E-state index in [4.69, 9.17) is 16.7 Å². The van der Waals surface area contributed by atoms with Crippen molar-refractivity contribution in [3.05, 3.63) is 69.7 Å². The number of nitrogens with zero attached hydrogens (tertiary/aromatic N) is 3. The third-order valence-corrected chi connectivity index (χ3v) is 3.85. The lowest BCUT2D eigenvalue weighted by atomic mass is 10.1. The van der Waals surface area contributed by atoms with Crippen LogP contribution in [0, 0.1) is 0 Å². The van der Waals surface area contributed by atoms with E-state index in [1.807, 2.05) is 42.5 Å². The number of hydrogen-bond acceptors (Lipinski definition) is 5. The number of aliphatic imine (C=N–C) groups is 1. The first-order valence-electron chi connectivity index (χ1n) is 7.93. The molecule has 1 heterocycles. The van der Waals surface area contributed by atoms with Gasteiger partial charge in [0.25, 0.3) is 0 Å². The molecule has 0 bridgehead atoms. The normalized spacial score (nSPS) is 14.4. The minimum Gasteiger partial charge on any atom is -0.476 e. The SMILES string of the molecule is CC(=O)C(=O)O.CN=C1CN(O)C(c2ccccc2)=c2cc(Cl)ccc2=N1. The monoisotopic (exact) mass is 387 g/mol. The van der Waals surface area contributed by atoms with Crippen LogP contribution in [0.1, 0.15) is 12.5 Å². The van der Waals surface area contributed by atoms with Crippen LogP contribution in [-0.2, 0) is 9.59 Å². The fourth-order valence-corrected chi connectivity index (χ4v) is 2.52. The van der Waals surface area contributed by atoms with Crippen LogP contribution in [0.2, 0.25) is 5.02 Å². The highest BCUT2D eigenvalue weighted by Crippen LogP contribution is 2.15. The van der Waals surface area contributed by atoms with E-state index in [0.717, 1.165) is 23.1 Å². The number of carbonyl (C=O) groups is 2. The molecule has 0 saturated heterocycles. The number of hydrogen-bond donors (Lipinski definition) is 2. The Kier molecular flexibility index (Phi) is 6.81. The molecule has 0 aromatic heterocycles. The number of halogens is 1. The maximum atomic E-state index is 10.5. The van der Waals surface area contributed by atoms with E-state index >= 15 is 0 Å². The van der Waals surface area contributed by atoms with Gasteiger partial charge >= 0.3 is 5.97 Å². The summed E-state index contributed by atoms with van der Waals surface area (Å²) >= 11 is 6.12. The molecule has 0 fully saturated rings. The molecule has 2 aromatic carbocycles. The molecule has 0 saturated carbocycles. The predicted octanol–water partition coefficient (Wildman–Crippen LogP) is 1.51. The first kappa shape index (κ1) is 20.3. The number of hydroxylamine groups is 2. The number of carbonyl (C=O) groups excluding carboxylic acids is 1. The van der Waals surface area contributed by atoms with Gasteiger partial charge in [0.05, 0.1) is 11.1 Å². The number of ketones is 1. The largest absolute Gasteiger partial charge is 0.476 e. The van der Waals surface area contributed by atoms with Gasteiger partial charge in [0, 0.05) is 29.8 Å². The average Bonchev–Trinajstić information content (AvgIpc) is 2.78. The lowest BCUT2D eigenvalue weighted by molar-refractivity contribution is -0.148. The third-order valence-electron chi connectivity index (χ3n) is 3.62. The number of Topliss-reactive ketones (excluding diaryl/α,β-unsaturated/α-hetero) is 1. The molecule has 0 amide bonds. The van der Waals surface area contributed by atoms with Crippen molar-refractivity contribution in [1.29, 1.82) is 0 Å². The molecule has 0 spiro atoms. The topological polar surface area (TPSA) is 103 Å². The zero-order valence-corrected chi connectivity index (χ0v) is 15.5. The Bertz CT molecular complexity index is 991. The highest BCUT2D eigenvalue weighted by Gasteiger charge is 2.17. The van der Waals surface area contributed by atoms with Gasteiger partial charge in [-0.3, -0.25) is 15.0 Å². The average molecular weight is 388 g/mol. The second-order valence-electron chi connectivity index (χ2n) is 5.55. The summed E-state index contributed by atoms with van der Waals surface area (Å²) in [5, 5.41) is 21.4. The van der Waals surface area contributed by atoms with E-state index in [0.29, 0.717) is 16.6 Å². The smallest absolute Gasteiger partial charge is 0.371 e. The summed E-state index contributed by atoms with van der Waals surface area (Å²) in [5.41, 5.74) is 1.58. The second kappa shape index (κ2) is 9.07. The molecule has 7 nitrogen and oxygen atoms in total. The van der Waals surface area contributed by atoms with Crippen molar-refractivity contribution in [2.45, 2.75) is 6.92 Å². The Balaban J connectivity index is 0.000000380. The lowest BCUT2D eigenvalue weighted by Crippen LogP contribution is -2.31. The van der Waals surface area contributed by atoms with Gasteiger partial charge in [0.2, 0.25) is 5.78 Å². The number of rotatable bonds is 2. The van der Waals surface area contributed by atoms with E-state index < -0.39 is 11.8 Å². The predicted molar refractivity (Wildman–Crippen MR) is 101 cm³/mol. The molecule has 3 rings (SSSR count). The maximum Gasteiger partial charge on any atom is 0.371 e. The number of benzene rings is 2. The van der Waals surface area contributed by atoms with Crippen molar-refractivity contribution in [1.82, 2.24) is 5.06 Å². The summed E-state index contributed by atoms with van der Waals surface area (Å²) in [6, 6.07) is 15.1. The number of carboxylic acid groups (broad SMARTS) is 1. The highest BCUT2D eigenvalue weighted by molar-refractivity contribution is 6.31. The number of aliphatic carboxylic acids is 1. The molecule has 140 valence electrons. The van der Waals surface area contributed by atoms with Gasteiger partial charge in [-0.05, 0) is 18.2 Å². The van der Waals surface area contributed by atoms with Crippen molar-refractivity contribution >= 4 is 34.9 Å². The van der Waals surface area contributed by atoms with Gasteiger partial charge in [-0.2, -0.15) is 0 Å². The molecule has 0 aliphatic carbocycles. The Morgan fingerprint density at radius 3 is 2.37 bits per heavy atom. The maximum absolute atomic E-state index is 10.5. The Morgan fingerprint density at radius 2 is 1.81 bits per heavy atom. The molecular formula is C19H18ClN3O4. The van der Waals surface area contributed by atoms with Crippen LogP contribution < -0.4 is 10.6 Å². The zero-order chi connectivity index (χ0) is 20.0. The first-order chi connectivity index (χ1) is 12.8. The molecule has 2 N–H and O–H groups in total. The molecule has 8 heteroatoms. The van der Waals surface area contributed by atoms with E-state index in [9.17, 15) is 14.8 Å². The van der Waals surface area contributed by atoms with E-state index in [1.165, 1.54) is 5.06 Å². The molecule has 0 atom stereocenters. The van der Waals surface area contributed by atoms with Crippen LogP contribution in [-0.4, -0.2) is 46.6 Å². The summed E-state index contributed by atoms with van der Waals surface area (Å²) in [7, 11) is 1.66. The highest BCUT2D eigenvalue weighted by atomic mass is 35.5. The van der Waals surface area contributed by atoms with Gasteiger partial charge in [0.15, 0.2) is 0 Å². The standard InChI is InChI=1S/C16H14ClN3O.C3H4O3/c1-18-15-10-20(21)16(11-5-3-2-4-6-11)13-9-12(17)7-8-14(13)19-15;1-2(4)3(5)6/h2-9,21H,10H2,1H3;1H3,(H,5,6). The zero-order valence-electron chi connectivity index (χ0n) is 14.8. The quantitative estimate of drug-likeness (QED) is 0.760. The third kappa shape index (κ3) is 5.22. The molecular weight excluding hydrogens is 370 g/mol. The van der Waals surface area contributed by atoms with Crippen LogP contribution >= 0.6 is 11.6 Å². The number of carboxylic acids is 1. The van der Waals surface area contributed by atoms with E-state index in [-0.39, 0.29) is 6.54 Å². The second-order valence-corrected chi connectivity index (χ2v) is 5.98. The Hall–Kier alpha value is -3.03. The summed E-state index contributed by atoms with van der Waals surface area (Å²) in [6.45, 7) is 1.23. The summed E-state index contributed by atoms with van der Waals surface area (Å²) < 4.78 is 0. The molecule has 27 heavy (non-hydrogen) atoms. The Labute approximate surface area is 160 Å². The van der Waals surface area contributed by atoms with Crippen molar-refractivity contribution in [2.24, 2.45) is 9.98 Å². The van der Waals surface area contributed by atoms with E-state index in [1.54, 1.807) is 13.1 Å². The number of fused-ring (bicyclic) bond motifs is 1. The van der Waals surface area contributed by atoms with Crippen LogP contribution in [0.5, 0.6) is 0 Å². The van der Waals surface area contributed by atoms with Crippen molar-refractivity contribution in [3.63, 3.8) is 0 Å². The molecule has 1 aliphatic rings. The summed E-state index contributed by atoms with van der Waals surface area (Å²) in [4.78, 5) is 27.5. The van der Waals surface area contributed by atoms with Crippen LogP contribution in [0.3, 0.4) is 0 Å². The summed E-state index contributed by atoms with van der Waals surface area (Å²) in [6.07, 6.45) is 0. The van der Waals surface area contributed by atoms with Gasteiger partial charge in [0.1, 0.15) is 12.4 Å². The first-order valence-corrected chi connectivity index (χ1v) is 8.31. The van der Waals surface area contributed by atoms with Crippen molar-refractivity contribution in [2.75, 3.05) is 13.6 Å². The van der Waals surface area contributed by atoms with Gasteiger partial charge in [-0.1, -0.05) is 41.9 Å². The minimum absolute atomic E-state index is 0.229. The van der Waals surface area contributed by atoms with E-state index in [2.05, 4.69) is 9.98 Å². The number of amidine groups is 1. The van der Waals surface area contributed by atoms with Crippen LogP contribution in [0.25, 0.3) is 5.70 Å². The molecule has 0 radical (unpaired) electrons. The fraction of sp³-hybridized carbons (Fsp3) is 0.158. The summed E-state index contributed by atoms with van der Waals surface area (Å²) in [5.74, 6) is -1.64. The molecule has 0 unspecified atom stereocenters. The lowest BCUT2D eigenvalue weighted by Gasteiger charge is -2.19. The fourth-order valence-electron chi connectivity index (χ4n) is 2.34. The van der Waals surface area contributed by atoms with Gasteiger partial charge < -0.3 is 5.11 Å². The minimum atomic E-state index is -1.38. The van der Waals surface area contributed by atoms with Crippen molar-refractivity contribution < 1.29 is 19.9 Å². The van der Waals surface area contributed by atoms with Crippen molar-refractivity contribution in [3.8, 4) is 0 Å². The molecule has 1 aliphatic heterocycles. The van der Waals surface area contributed by atoms with Crippen LogP contribution in [0.4, 0.5) is 0 Å². The Morgan fingerprint density at radius 1 is 1.19 bits per heavy atom. The van der Waals surface area contributed by atoms with Crippen LogP contribution in [0.15, 0.2) is 58.5 Å². The van der Waals surface area contributed by atoms with Gasteiger partial charge in [-0.15, -0.1) is 0 Å².